The van der Waals surface area contributed by atoms with E-state index in [1.807, 2.05) is 36.4 Å². The molecule has 29 heavy (non-hydrogen) atoms. The number of hydrogen-bond acceptors (Lipinski definition) is 4. The Bertz CT molecular complexity index is 1220. The van der Waals surface area contributed by atoms with Crippen LogP contribution >= 0.6 is 15.9 Å². The maximum atomic E-state index is 12.0. The maximum absolute atomic E-state index is 12.0. The van der Waals surface area contributed by atoms with Gasteiger partial charge in [-0.2, -0.15) is 5.10 Å². The van der Waals surface area contributed by atoms with Gasteiger partial charge in [-0.1, -0.05) is 31.2 Å². The molecule has 4 aromatic rings. The fourth-order valence-corrected chi connectivity index (χ4v) is 3.82. The quantitative estimate of drug-likeness (QED) is 0.428. The highest BCUT2D eigenvalue weighted by Crippen LogP contribution is 2.34. The number of benzene rings is 2. The van der Waals surface area contributed by atoms with Crippen LogP contribution in [0, 0.1) is 0 Å². The minimum Gasteiger partial charge on any atom is -0.496 e. The number of carboxylic acid groups (broad SMARTS) is 1. The van der Waals surface area contributed by atoms with Crippen LogP contribution < -0.4 is 4.74 Å². The Labute approximate surface area is 175 Å². The second-order valence-electron chi connectivity index (χ2n) is 6.56. The van der Waals surface area contributed by atoms with Crippen molar-refractivity contribution >= 4 is 32.9 Å². The summed E-state index contributed by atoms with van der Waals surface area (Å²) < 4.78 is 6.02. The molecule has 4 rings (SSSR count). The number of aromatic amines is 1. The first-order valence-electron chi connectivity index (χ1n) is 9.07. The predicted octanol–water partition coefficient (Wildman–Crippen LogP) is 5.32. The van der Waals surface area contributed by atoms with E-state index in [1.165, 1.54) is 5.56 Å². The minimum absolute atomic E-state index is 0.153. The number of aromatic carboxylic acids is 1. The molecule has 0 saturated carbocycles. The largest absolute Gasteiger partial charge is 0.496 e. The van der Waals surface area contributed by atoms with Crippen molar-refractivity contribution in [1.82, 2.24) is 15.2 Å². The monoisotopic (exact) mass is 451 g/mol. The maximum Gasteiger partial charge on any atom is 0.336 e. The van der Waals surface area contributed by atoms with Crippen LogP contribution in [-0.4, -0.2) is 33.4 Å². The van der Waals surface area contributed by atoms with Crippen molar-refractivity contribution in [1.29, 1.82) is 0 Å². The third-order valence-electron chi connectivity index (χ3n) is 4.85. The standard InChI is InChI=1S/C22H18BrN3O3/c1-3-12-4-6-13(7-5-12)20-19-15(22(27)28)11-17(24-21(19)26-25-20)14-8-9-18(29-2)16(23)10-14/h4-11H,3H2,1-2H3,(H,27,28)(H,24,25,26). The lowest BCUT2D eigenvalue weighted by atomic mass is 10.0. The summed E-state index contributed by atoms with van der Waals surface area (Å²) in [5.41, 5.74) is 4.53. The second kappa shape index (κ2) is 7.67. The second-order valence-corrected chi connectivity index (χ2v) is 7.41. The van der Waals surface area contributed by atoms with E-state index in [0.29, 0.717) is 28.2 Å². The Kier molecular flexibility index (Phi) is 5.07. The summed E-state index contributed by atoms with van der Waals surface area (Å²) in [6.45, 7) is 2.09. The molecule has 0 aliphatic carbocycles. The van der Waals surface area contributed by atoms with Crippen LogP contribution in [0.2, 0.25) is 0 Å². The van der Waals surface area contributed by atoms with Crippen molar-refractivity contribution in [3.05, 3.63) is 64.1 Å². The molecule has 0 fully saturated rings. The molecule has 0 aliphatic heterocycles. The average molecular weight is 452 g/mol. The van der Waals surface area contributed by atoms with Crippen LogP contribution in [0.15, 0.2) is 53.0 Å². The van der Waals surface area contributed by atoms with Gasteiger partial charge in [-0.3, -0.25) is 5.10 Å². The first-order valence-corrected chi connectivity index (χ1v) is 9.86. The average Bonchev–Trinajstić information content (AvgIpc) is 3.17. The molecule has 2 aromatic heterocycles. The molecule has 0 spiro atoms. The highest BCUT2D eigenvalue weighted by Gasteiger charge is 2.20. The molecule has 0 radical (unpaired) electrons. The molecule has 0 bridgehead atoms. The Hall–Kier alpha value is -3.19. The van der Waals surface area contributed by atoms with E-state index < -0.39 is 5.97 Å². The Morgan fingerprint density at radius 3 is 2.48 bits per heavy atom. The van der Waals surface area contributed by atoms with Gasteiger partial charge >= 0.3 is 5.97 Å². The van der Waals surface area contributed by atoms with Crippen LogP contribution in [0.1, 0.15) is 22.8 Å². The zero-order chi connectivity index (χ0) is 20.5. The van der Waals surface area contributed by atoms with Crippen LogP contribution in [0.5, 0.6) is 5.75 Å². The number of nitrogens with zero attached hydrogens (tertiary/aromatic N) is 2. The molecule has 2 heterocycles. The van der Waals surface area contributed by atoms with Crippen molar-refractivity contribution in [3.8, 4) is 28.3 Å². The van der Waals surface area contributed by atoms with E-state index in [1.54, 1.807) is 19.2 Å². The molecule has 2 aromatic carbocycles. The van der Waals surface area contributed by atoms with Crippen molar-refractivity contribution in [2.45, 2.75) is 13.3 Å². The number of nitrogens with one attached hydrogen (secondary N) is 1. The van der Waals surface area contributed by atoms with Crippen LogP contribution in [0.4, 0.5) is 0 Å². The number of carbonyl (C=O) groups is 1. The van der Waals surface area contributed by atoms with Gasteiger partial charge in [0.15, 0.2) is 5.65 Å². The third-order valence-corrected chi connectivity index (χ3v) is 5.47. The van der Waals surface area contributed by atoms with E-state index in [9.17, 15) is 9.90 Å². The van der Waals surface area contributed by atoms with Gasteiger partial charge in [-0.05, 0) is 52.2 Å². The number of halogens is 1. The van der Waals surface area contributed by atoms with Gasteiger partial charge in [0.1, 0.15) is 5.75 Å². The molecule has 146 valence electrons. The summed E-state index contributed by atoms with van der Waals surface area (Å²) in [4.78, 5) is 16.6. The number of fused-ring (bicyclic) bond motifs is 1. The molecule has 0 aliphatic rings. The van der Waals surface area contributed by atoms with E-state index in [4.69, 9.17) is 4.74 Å². The van der Waals surface area contributed by atoms with Crippen LogP contribution in [0.3, 0.4) is 0 Å². The van der Waals surface area contributed by atoms with Crippen LogP contribution in [-0.2, 0) is 6.42 Å². The predicted molar refractivity (Wildman–Crippen MR) is 115 cm³/mol. The lowest BCUT2D eigenvalue weighted by Crippen LogP contribution is -2.00. The van der Waals surface area contributed by atoms with Crippen molar-refractivity contribution < 1.29 is 14.6 Å². The lowest BCUT2D eigenvalue weighted by Gasteiger charge is -2.08. The van der Waals surface area contributed by atoms with E-state index in [2.05, 4.69) is 38.0 Å². The van der Waals surface area contributed by atoms with Crippen molar-refractivity contribution in [2.24, 2.45) is 0 Å². The van der Waals surface area contributed by atoms with Gasteiger partial charge in [0.25, 0.3) is 0 Å². The minimum atomic E-state index is -1.03. The molecule has 6 nitrogen and oxygen atoms in total. The molecule has 0 amide bonds. The summed E-state index contributed by atoms with van der Waals surface area (Å²) in [5, 5.41) is 17.6. The topological polar surface area (TPSA) is 88.1 Å². The Morgan fingerprint density at radius 2 is 1.86 bits per heavy atom. The normalized spacial score (nSPS) is 11.0. The third kappa shape index (κ3) is 3.49. The molecule has 0 unspecified atom stereocenters. The van der Waals surface area contributed by atoms with Gasteiger partial charge in [0, 0.05) is 11.1 Å². The summed E-state index contributed by atoms with van der Waals surface area (Å²) in [5.74, 6) is -0.343. The number of pyridine rings is 1. The van der Waals surface area contributed by atoms with Gasteiger partial charge in [0.05, 0.1) is 33.9 Å². The molecular formula is C22H18BrN3O3. The van der Waals surface area contributed by atoms with Crippen molar-refractivity contribution in [2.75, 3.05) is 7.11 Å². The number of ether oxygens (including phenoxy) is 1. The molecule has 0 saturated heterocycles. The summed E-state index contributed by atoms with van der Waals surface area (Å²) >= 11 is 3.46. The summed E-state index contributed by atoms with van der Waals surface area (Å²) in [6, 6.07) is 15.0. The number of aromatic nitrogens is 3. The van der Waals surface area contributed by atoms with Gasteiger partial charge in [0.2, 0.25) is 0 Å². The Morgan fingerprint density at radius 1 is 1.14 bits per heavy atom. The number of hydrogen-bond donors (Lipinski definition) is 2. The van der Waals surface area contributed by atoms with E-state index >= 15 is 0 Å². The number of carboxylic acids is 1. The van der Waals surface area contributed by atoms with E-state index in [0.717, 1.165) is 22.0 Å². The highest BCUT2D eigenvalue weighted by atomic mass is 79.9. The SMILES string of the molecule is CCc1ccc(-c2[nH]nc3nc(-c4ccc(OC)c(Br)c4)cc(C(=O)O)c23)cc1. The molecule has 0 atom stereocenters. The zero-order valence-electron chi connectivity index (χ0n) is 15.9. The fourth-order valence-electron chi connectivity index (χ4n) is 3.28. The summed E-state index contributed by atoms with van der Waals surface area (Å²) in [6.07, 6.45) is 0.937. The first kappa shape index (κ1) is 19.1. The molecule has 2 N–H and O–H groups in total. The van der Waals surface area contributed by atoms with Crippen molar-refractivity contribution in [3.63, 3.8) is 0 Å². The number of methoxy groups -OCH3 is 1. The number of aryl methyl sites for hydroxylation is 1. The zero-order valence-corrected chi connectivity index (χ0v) is 17.4. The fraction of sp³-hybridized carbons (Fsp3) is 0.136. The first-order chi connectivity index (χ1) is 14.0. The van der Waals surface area contributed by atoms with Gasteiger partial charge in [-0.15, -0.1) is 0 Å². The van der Waals surface area contributed by atoms with Gasteiger partial charge in [-0.25, -0.2) is 9.78 Å². The number of H-pyrrole nitrogens is 1. The Balaban J connectivity index is 1.89. The molecular weight excluding hydrogens is 434 g/mol. The summed E-state index contributed by atoms with van der Waals surface area (Å²) in [7, 11) is 1.59. The van der Waals surface area contributed by atoms with Gasteiger partial charge < -0.3 is 9.84 Å². The lowest BCUT2D eigenvalue weighted by molar-refractivity contribution is 0.0699. The molecule has 7 heteroatoms. The number of rotatable bonds is 5. The highest BCUT2D eigenvalue weighted by molar-refractivity contribution is 9.10. The smallest absolute Gasteiger partial charge is 0.336 e. The van der Waals surface area contributed by atoms with Crippen LogP contribution in [0.25, 0.3) is 33.5 Å². The van der Waals surface area contributed by atoms with E-state index in [-0.39, 0.29) is 5.56 Å².